The number of hydrogen-bond acceptors (Lipinski definition) is 4. The third-order valence-corrected chi connectivity index (χ3v) is 6.64. The maximum atomic E-state index is 12.7. The standard InChI is InChI=1S/C15H20N2O3S/c18-15(12-4-2-1-3-5-12)17-10-11-21(19,20)14-7-9-16-8-6-13(14)17/h1-5,13-14,16H,6-11H2/t13-,14+/m0/s1. The lowest BCUT2D eigenvalue weighted by Gasteiger charge is -2.40. The van der Waals surface area contributed by atoms with Gasteiger partial charge in [0.15, 0.2) is 9.84 Å². The van der Waals surface area contributed by atoms with Crippen LogP contribution in [0.15, 0.2) is 30.3 Å². The van der Waals surface area contributed by atoms with Gasteiger partial charge in [-0.15, -0.1) is 0 Å². The van der Waals surface area contributed by atoms with Crippen LogP contribution in [0, 0.1) is 0 Å². The van der Waals surface area contributed by atoms with Crippen LogP contribution in [0.3, 0.4) is 0 Å². The van der Waals surface area contributed by atoms with Crippen LogP contribution in [0.1, 0.15) is 23.2 Å². The average molecular weight is 308 g/mol. The number of hydrogen-bond donors (Lipinski definition) is 1. The summed E-state index contributed by atoms with van der Waals surface area (Å²) in [6.45, 7) is 1.76. The van der Waals surface area contributed by atoms with Crippen LogP contribution >= 0.6 is 0 Å². The molecule has 2 atom stereocenters. The number of sulfone groups is 1. The van der Waals surface area contributed by atoms with Crippen LogP contribution < -0.4 is 5.32 Å². The Kier molecular flexibility index (Phi) is 3.99. The maximum absolute atomic E-state index is 12.7. The minimum Gasteiger partial charge on any atom is -0.333 e. The fraction of sp³-hybridized carbons (Fsp3) is 0.533. The molecule has 0 bridgehead atoms. The molecule has 1 N–H and O–H groups in total. The van der Waals surface area contributed by atoms with Gasteiger partial charge in [0, 0.05) is 12.1 Å². The Balaban J connectivity index is 1.90. The molecule has 2 aliphatic heterocycles. The second-order valence-electron chi connectivity index (χ2n) is 5.66. The van der Waals surface area contributed by atoms with Crippen molar-refractivity contribution in [1.29, 1.82) is 0 Å². The Labute approximate surface area is 125 Å². The van der Waals surface area contributed by atoms with Gasteiger partial charge in [0.05, 0.1) is 17.0 Å². The summed E-state index contributed by atoms with van der Waals surface area (Å²) < 4.78 is 24.6. The van der Waals surface area contributed by atoms with E-state index in [9.17, 15) is 13.2 Å². The molecule has 0 unspecified atom stereocenters. The fourth-order valence-corrected chi connectivity index (χ4v) is 5.31. The van der Waals surface area contributed by atoms with Gasteiger partial charge in [-0.2, -0.15) is 0 Å². The zero-order valence-corrected chi connectivity index (χ0v) is 12.7. The van der Waals surface area contributed by atoms with E-state index in [-0.39, 0.29) is 17.7 Å². The summed E-state index contributed by atoms with van der Waals surface area (Å²) in [6, 6.07) is 8.91. The highest BCUT2D eigenvalue weighted by Gasteiger charge is 2.43. The summed E-state index contributed by atoms with van der Waals surface area (Å²) in [5, 5.41) is 2.82. The number of carbonyl (C=O) groups excluding carboxylic acids is 1. The number of amides is 1. The molecule has 2 fully saturated rings. The topological polar surface area (TPSA) is 66.5 Å². The Morgan fingerprint density at radius 1 is 1.14 bits per heavy atom. The number of fused-ring (bicyclic) bond motifs is 1. The van der Waals surface area contributed by atoms with E-state index in [1.807, 2.05) is 18.2 Å². The molecular formula is C15H20N2O3S. The molecule has 2 aliphatic rings. The maximum Gasteiger partial charge on any atom is 0.254 e. The van der Waals surface area contributed by atoms with Crippen LogP contribution in [0.4, 0.5) is 0 Å². The Morgan fingerprint density at radius 3 is 2.62 bits per heavy atom. The normalized spacial score (nSPS) is 28.5. The molecular weight excluding hydrogens is 288 g/mol. The molecule has 6 heteroatoms. The molecule has 2 heterocycles. The van der Waals surface area contributed by atoms with Gasteiger partial charge in [-0.05, 0) is 38.1 Å². The van der Waals surface area contributed by atoms with Gasteiger partial charge in [-0.3, -0.25) is 4.79 Å². The molecule has 5 nitrogen and oxygen atoms in total. The molecule has 0 aliphatic carbocycles. The van der Waals surface area contributed by atoms with Crippen LogP contribution in [-0.4, -0.2) is 55.9 Å². The minimum absolute atomic E-state index is 0.0533. The summed E-state index contributed by atoms with van der Waals surface area (Å²) in [5.41, 5.74) is 0.632. The summed E-state index contributed by atoms with van der Waals surface area (Å²) in [4.78, 5) is 14.5. The molecule has 3 rings (SSSR count). The minimum atomic E-state index is -3.09. The van der Waals surface area contributed by atoms with E-state index in [4.69, 9.17) is 0 Å². The number of nitrogens with zero attached hydrogens (tertiary/aromatic N) is 1. The number of nitrogens with one attached hydrogen (secondary N) is 1. The van der Waals surface area contributed by atoms with E-state index in [1.165, 1.54) is 0 Å². The molecule has 1 amide bonds. The summed E-state index contributed by atoms with van der Waals surface area (Å²) in [6.07, 6.45) is 1.29. The molecule has 1 aromatic rings. The van der Waals surface area contributed by atoms with E-state index in [0.29, 0.717) is 31.5 Å². The SMILES string of the molecule is O=C(c1ccccc1)N1CCS(=O)(=O)[C@@H]2CCNCC[C@@H]21. The molecule has 1 aromatic carbocycles. The van der Waals surface area contributed by atoms with Gasteiger partial charge < -0.3 is 10.2 Å². The first-order valence-electron chi connectivity index (χ1n) is 7.38. The van der Waals surface area contributed by atoms with Crippen molar-refractivity contribution in [3.8, 4) is 0 Å². The monoisotopic (exact) mass is 308 g/mol. The number of benzene rings is 1. The third-order valence-electron chi connectivity index (χ3n) is 4.41. The molecule has 2 saturated heterocycles. The smallest absolute Gasteiger partial charge is 0.254 e. The zero-order chi connectivity index (χ0) is 14.9. The predicted octanol–water partition coefficient (Wildman–Crippen LogP) is 0.678. The van der Waals surface area contributed by atoms with Gasteiger partial charge in [0.1, 0.15) is 0 Å². The van der Waals surface area contributed by atoms with Gasteiger partial charge in [0.2, 0.25) is 0 Å². The summed E-state index contributed by atoms with van der Waals surface area (Å²) in [7, 11) is -3.09. The first-order chi connectivity index (χ1) is 10.1. The van der Waals surface area contributed by atoms with Crippen molar-refractivity contribution in [3.63, 3.8) is 0 Å². The number of carbonyl (C=O) groups is 1. The van der Waals surface area contributed by atoms with E-state index < -0.39 is 15.1 Å². The van der Waals surface area contributed by atoms with Crippen molar-refractivity contribution in [2.75, 3.05) is 25.4 Å². The van der Waals surface area contributed by atoms with Crippen LogP contribution in [0.5, 0.6) is 0 Å². The zero-order valence-electron chi connectivity index (χ0n) is 11.9. The second-order valence-corrected chi connectivity index (χ2v) is 8.00. The Hall–Kier alpha value is -1.40. The van der Waals surface area contributed by atoms with Gasteiger partial charge >= 0.3 is 0 Å². The summed E-state index contributed by atoms with van der Waals surface area (Å²) >= 11 is 0. The lowest BCUT2D eigenvalue weighted by molar-refractivity contribution is 0.0668. The van der Waals surface area contributed by atoms with Crippen molar-refractivity contribution in [1.82, 2.24) is 10.2 Å². The molecule has 0 saturated carbocycles. The Bertz CT molecular complexity index is 615. The highest BCUT2D eigenvalue weighted by Crippen LogP contribution is 2.27. The molecule has 0 radical (unpaired) electrons. The number of rotatable bonds is 1. The van der Waals surface area contributed by atoms with E-state index in [0.717, 1.165) is 6.54 Å². The van der Waals surface area contributed by atoms with E-state index >= 15 is 0 Å². The van der Waals surface area contributed by atoms with Crippen molar-refractivity contribution >= 4 is 15.7 Å². The van der Waals surface area contributed by atoms with Gasteiger partial charge in [-0.25, -0.2) is 8.42 Å². The van der Waals surface area contributed by atoms with Crippen molar-refractivity contribution < 1.29 is 13.2 Å². The molecule has 21 heavy (non-hydrogen) atoms. The molecule has 0 spiro atoms. The first kappa shape index (κ1) is 14.5. The Morgan fingerprint density at radius 2 is 1.86 bits per heavy atom. The van der Waals surface area contributed by atoms with E-state index in [1.54, 1.807) is 17.0 Å². The van der Waals surface area contributed by atoms with E-state index in [2.05, 4.69) is 5.32 Å². The first-order valence-corrected chi connectivity index (χ1v) is 9.09. The fourth-order valence-electron chi connectivity index (χ4n) is 3.31. The summed E-state index contributed by atoms with van der Waals surface area (Å²) in [5.74, 6) is 0.0228. The average Bonchev–Trinajstić information content (AvgIpc) is 2.74. The van der Waals surface area contributed by atoms with Crippen molar-refractivity contribution in [3.05, 3.63) is 35.9 Å². The quantitative estimate of drug-likeness (QED) is 0.828. The second kappa shape index (κ2) is 5.77. The van der Waals surface area contributed by atoms with Crippen LogP contribution in [-0.2, 0) is 9.84 Å². The van der Waals surface area contributed by atoms with Crippen molar-refractivity contribution in [2.24, 2.45) is 0 Å². The largest absolute Gasteiger partial charge is 0.333 e. The molecule has 114 valence electrons. The highest BCUT2D eigenvalue weighted by molar-refractivity contribution is 7.92. The van der Waals surface area contributed by atoms with Crippen LogP contribution in [0.25, 0.3) is 0 Å². The lowest BCUT2D eigenvalue weighted by Crippen LogP contribution is -2.56. The lowest BCUT2D eigenvalue weighted by atomic mass is 10.0. The predicted molar refractivity (Wildman–Crippen MR) is 80.9 cm³/mol. The molecule has 0 aromatic heterocycles. The van der Waals surface area contributed by atoms with Crippen molar-refractivity contribution in [2.45, 2.75) is 24.1 Å². The van der Waals surface area contributed by atoms with Gasteiger partial charge in [-0.1, -0.05) is 18.2 Å². The van der Waals surface area contributed by atoms with Gasteiger partial charge in [0.25, 0.3) is 5.91 Å². The third kappa shape index (κ3) is 2.82. The highest BCUT2D eigenvalue weighted by atomic mass is 32.2. The van der Waals surface area contributed by atoms with Crippen LogP contribution in [0.2, 0.25) is 0 Å².